The maximum Gasteiger partial charge on any atom is 0.240 e. The summed E-state index contributed by atoms with van der Waals surface area (Å²) in [5.41, 5.74) is 0.442. The van der Waals surface area contributed by atoms with Gasteiger partial charge in [0.25, 0.3) is 0 Å². The van der Waals surface area contributed by atoms with Gasteiger partial charge in [0, 0.05) is 19.6 Å². The molecule has 1 N–H and O–H groups in total. The minimum absolute atomic E-state index is 0.0609. The molecule has 0 spiro atoms. The van der Waals surface area contributed by atoms with Crippen LogP contribution in [0, 0.1) is 5.82 Å². The fraction of sp³-hybridized carbons (Fsp3) is 0.600. The number of rotatable bonds is 3. The lowest BCUT2D eigenvalue weighted by Gasteiger charge is -2.46. The van der Waals surface area contributed by atoms with Crippen molar-refractivity contribution in [1.82, 2.24) is 9.62 Å². The number of likely N-dealkylation sites (N-methyl/N-ethyl adjacent to an activating group) is 1. The molecule has 2 heterocycles. The van der Waals surface area contributed by atoms with Crippen molar-refractivity contribution in [2.24, 2.45) is 0 Å². The molecular weight excluding hydrogens is 321 g/mol. The van der Waals surface area contributed by atoms with E-state index < -0.39 is 15.8 Å². The van der Waals surface area contributed by atoms with Crippen LogP contribution < -0.4 is 9.62 Å². The number of morpholine rings is 1. The number of anilines is 1. The predicted molar refractivity (Wildman–Crippen MR) is 85.6 cm³/mol. The second-order valence-electron chi connectivity index (χ2n) is 6.01. The van der Waals surface area contributed by atoms with Crippen molar-refractivity contribution < 1.29 is 17.5 Å². The van der Waals surface area contributed by atoms with Crippen molar-refractivity contribution in [1.29, 1.82) is 0 Å². The first kappa shape index (κ1) is 16.6. The molecule has 0 aliphatic carbocycles. The second-order valence-corrected chi connectivity index (χ2v) is 7.90. The maximum absolute atomic E-state index is 14.4. The third kappa shape index (κ3) is 3.21. The molecule has 3 rings (SSSR count). The molecule has 1 aromatic rings. The summed E-state index contributed by atoms with van der Waals surface area (Å²) in [6, 6.07) is 4.30. The number of benzene rings is 1. The average molecular weight is 343 g/mol. The summed E-state index contributed by atoms with van der Waals surface area (Å²) >= 11 is 0. The van der Waals surface area contributed by atoms with Gasteiger partial charge in [-0.3, -0.25) is 4.90 Å². The van der Waals surface area contributed by atoms with E-state index in [0.29, 0.717) is 18.8 Å². The number of hydrogen-bond acceptors (Lipinski definition) is 5. The highest BCUT2D eigenvalue weighted by atomic mass is 32.2. The van der Waals surface area contributed by atoms with Gasteiger partial charge in [-0.05, 0) is 38.7 Å². The summed E-state index contributed by atoms with van der Waals surface area (Å²) in [5.74, 6) is -0.515. The first-order valence-corrected chi connectivity index (χ1v) is 9.20. The minimum atomic E-state index is -3.63. The first-order valence-electron chi connectivity index (χ1n) is 7.72. The van der Waals surface area contributed by atoms with Crippen molar-refractivity contribution in [2.75, 3.05) is 45.2 Å². The Bertz CT molecular complexity index is 683. The lowest BCUT2D eigenvalue weighted by Crippen LogP contribution is -2.58. The Kier molecular flexibility index (Phi) is 4.59. The van der Waals surface area contributed by atoms with Crippen LogP contribution in [0.15, 0.2) is 23.1 Å². The smallest absolute Gasteiger partial charge is 0.240 e. The molecule has 0 amide bonds. The molecule has 2 atom stereocenters. The third-order valence-corrected chi connectivity index (χ3v) is 6.11. The van der Waals surface area contributed by atoms with E-state index in [-0.39, 0.29) is 17.0 Å². The van der Waals surface area contributed by atoms with Gasteiger partial charge in [-0.2, -0.15) is 0 Å². The van der Waals surface area contributed by atoms with Gasteiger partial charge in [-0.15, -0.1) is 0 Å². The van der Waals surface area contributed by atoms with E-state index >= 15 is 0 Å². The van der Waals surface area contributed by atoms with Crippen molar-refractivity contribution in [2.45, 2.75) is 23.5 Å². The Hall–Kier alpha value is -1.22. The molecule has 8 heteroatoms. The standard InChI is InChI=1S/C15H22FN3O3S/c1-17-23(20,21)11-3-4-13(12(16)9-11)19-6-5-15-14(10-19)18(2)7-8-22-15/h3-4,9,14-15,17H,5-8,10H2,1-2H3. The molecule has 2 aliphatic heterocycles. The van der Waals surface area contributed by atoms with E-state index in [9.17, 15) is 12.8 Å². The number of nitrogens with one attached hydrogen (secondary N) is 1. The van der Waals surface area contributed by atoms with E-state index in [4.69, 9.17) is 4.74 Å². The molecule has 2 fully saturated rings. The number of ether oxygens (including phenoxy) is 1. The molecular formula is C15H22FN3O3S. The van der Waals surface area contributed by atoms with Crippen LogP contribution in [0.1, 0.15) is 6.42 Å². The third-order valence-electron chi connectivity index (χ3n) is 4.70. The lowest BCUT2D eigenvalue weighted by molar-refractivity contribution is -0.0687. The fourth-order valence-corrected chi connectivity index (χ4v) is 4.03. The van der Waals surface area contributed by atoms with E-state index in [2.05, 4.69) is 16.7 Å². The first-order chi connectivity index (χ1) is 10.9. The number of fused-ring (bicyclic) bond motifs is 1. The Morgan fingerprint density at radius 3 is 2.83 bits per heavy atom. The zero-order chi connectivity index (χ0) is 16.6. The SMILES string of the molecule is CNS(=O)(=O)c1ccc(N2CCC3OCCN(C)C3C2)c(F)c1. The molecule has 0 radical (unpaired) electrons. The molecule has 2 unspecified atom stereocenters. The Balaban J connectivity index is 1.82. The fourth-order valence-electron chi connectivity index (χ4n) is 3.29. The minimum Gasteiger partial charge on any atom is -0.375 e. The van der Waals surface area contributed by atoms with Crippen molar-refractivity contribution in [3.8, 4) is 0 Å². The Labute approximate surface area is 136 Å². The zero-order valence-corrected chi connectivity index (χ0v) is 14.1. The molecule has 1 aromatic carbocycles. The Morgan fingerprint density at radius 1 is 1.35 bits per heavy atom. The van der Waals surface area contributed by atoms with E-state index in [1.807, 2.05) is 4.90 Å². The summed E-state index contributed by atoms with van der Waals surface area (Å²) in [4.78, 5) is 4.16. The predicted octanol–water partition coefficient (Wildman–Crippen LogP) is 0.643. The van der Waals surface area contributed by atoms with Crippen LogP contribution in [0.2, 0.25) is 0 Å². The normalized spacial score (nSPS) is 26.1. The average Bonchev–Trinajstić information content (AvgIpc) is 2.55. The molecule has 0 aromatic heterocycles. The summed E-state index contributed by atoms with van der Waals surface area (Å²) in [6.45, 7) is 2.99. The topological polar surface area (TPSA) is 61.9 Å². The molecule has 2 aliphatic rings. The molecule has 2 saturated heterocycles. The van der Waals surface area contributed by atoms with Crippen LogP contribution >= 0.6 is 0 Å². The van der Waals surface area contributed by atoms with E-state index in [0.717, 1.165) is 25.6 Å². The van der Waals surface area contributed by atoms with Crippen LogP contribution in [0.3, 0.4) is 0 Å². The number of halogens is 1. The number of nitrogens with zero attached hydrogens (tertiary/aromatic N) is 2. The molecule has 0 saturated carbocycles. The monoisotopic (exact) mass is 343 g/mol. The summed E-state index contributed by atoms with van der Waals surface area (Å²) < 4.78 is 45.9. The molecule has 6 nitrogen and oxygen atoms in total. The molecule has 0 bridgehead atoms. The van der Waals surface area contributed by atoms with Gasteiger partial charge in [-0.25, -0.2) is 17.5 Å². The number of sulfonamides is 1. The summed E-state index contributed by atoms with van der Waals surface area (Å²) in [5, 5.41) is 0. The van der Waals surface area contributed by atoms with Gasteiger partial charge in [0.1, 0.15) is 5.82 Å². The maximum atomic E-state index is 14.4. The van der Waals surface area contributed by atoms with Crippen molar-refractivity contribution >= 4 is 15.7 Å². The summed E-state index contributed by atoms with van der Waals surface area (Å²) in [6.07, 6.45) is 1.03. The quantitative estimate of drug-likeness (QED) is 0.873. The van der Waals surface area contributed by atoms with Gasteiger partial charge >= 0.3 is 0 Å². The van der Waals surface area contributed by atoms with Crippen LogP contribution in [0.4, 0.5) is 10.1 Å². The second kappa shape index (κ2) is 6.35. The van der Waals surface area contributed by atoms with Crippen molar-refractivity contribution in [3.63, 3.8) is 0 Å². The summed E-state index contributed by atoms with van der Waals surface area (Å²) in [7, 11) is -0.264. The van der Waals surface area contributed by atoms with Gasteiger partial charge in [0.05, 0.1) is 29.3 Å². The van der Waals surface area contributed by atoms with Gasteiger partial charge in [0.15, 0.2) is 0 Å². The molecule has 128 valence electrons. The lowest BCUT2D eigenvalue weighted by atomic mass is 9.98. The van der Waals surface area contributed by atoms with E-state index in [1.54, 1.807) is 6.07 Å². The van der Waals surface area contributed by atoms with Crippen LogP contribution in [0.5, 0.6) is 0 Å². The van der Waals surface area contributed by atoms with Gasteiger partial charge in [-0.1, -0.05) is 0 Å². The van der Waals surface area contributed by atoms with Crippen LogP contribution in [-0.2, 0) is 14.8 Å². The molecule has 23 heavy (non-hydrogen) atoms. The highest BCUT2D eigenvalue weighted by molar-refractivity contribution is 7.89. The highest BCUT2D eigenvalue weighted by Gasteiger charge is 2.36. The number of piperidine rings is 1. The Morgan fingerprint density at radius 2 is 2.13 bits per heavy atom. The highest BCUT2D eigenvalue weighted by Crippen LogP contribution is 2.29. The van der Waals surface area contributed by atoms with Crippen LogP contribution in [0.25, 0.3) is 0 Å². The van der Waals surface area contributed by atoms with Gasteiger partial charge in [0.2, 0.25) is 10.0 Å². The number of hydrogen-bond donors (Lipinski definition) is 1. The zero-order valence-electron chi connectivity index (χ0n) is 13.3. The van der Waals surface area contributed by atoms with E-state index in [1.165, 1.54) is 13.1 Å². The van der Waals surface area contributed by atoms with Gasteiger partial charge < -0.3 is 9.64 Å². The van der Waals surface area contributed by atoms with Crippen molar-refractivity contribution in [3.05, 3.63) is 24.0 Å². The van der Waals surface area contributed by atoms with Crippen LogP contribution in [-0.4, -0.2) is 65.8 Å². The largest absolute Gasteiger partial charge is 0.375 e.